The molecule has 1 aliphatic rings. The van der Waals surface area contributed by atoms with Gasteiger partial charge in [0.1, 0.15) is 11.2 Å². The van der Waals surface area contributed by atoms with Crippen molar-refractivity contribution >= 4 is 34.0 Å². The second-order valence-electron chi connectivity index (χ2n) is 6.61. The Morgan fingerprint density at radius 1 is 1.23 bits per heavy atom. The van der Waals surface area contributed by atoms with Gasteiger partial charge < -0.3 is 25.8 Å². The van der Waals surface area contributed by atoms with Crippen LogP contribution in [-0.2, 0) is 17.5 Å². The number of halogens is 3. The minimum absolute atomic E-state index is 0.0435. The summed E-state index contributed by atoms with van der Waals surface area (Å²) in [4.78, 5) is 24.1. The maximum absolute atomic E-state index is 13.0. The number of para-hydroxylation sites is 1. The van der Waals surface area contributed by atoms with E-state index in [-0.39, 0.29) is 24.0 Å². The summed E-state index contributed by atoms with van der Waals surface area (Å²) in [5, 5.41) is 17.5. The zero-order valence-electron chi connectivity index (χ0n) is 15.7. The number of amides is 2. The highest BCUT2D eigenvalue weighted by Gasteiger charge is 2.33. The van der Waals surface area contributed by atoms with Crippen LogP contribution >= 0.6 is 11.3 Å². The monoisotopic (exact) mass is 443 g/mol. The third kappa shape index (κ3) is 5.63. The summed E-state index contributed by atoms with van der Waals surface area (Å²) in [6.07, 6.45) is -2.20. The van der Waals surface area contributed by atoms with Crippen molar-refractivity contribution < 1.29 is 32.6 Å². The fourth-order valence-corrected chi connectivity index (χ4v) is 4.00. The molecule has 1 aliphatic heterocycles. The number of anilines is 2. The number of carboxylic acid groups (broad SMARTS) is 1. The van der Waals surface area contributed by atoms with Crippen molar-refractivity contribution in [3.63, 3.8) is 0 Å². The molecule has 1 aromatic heterocycles. The molecule has 2 heterocycles. The van der Waals surface area contributed by atoms with Gasteiger partial charge in [-0.2, -0.15) is 13.2 Å². The van der Waals surface area contributed by atoms with Crippen molar-refractivity contribution in [2.24, 2.45) is 0 Å². The lowest BCUT2D eigenvalue weighted by Gasteiger charge is -2.23. The Labute approximate surface area is 174 Å². The Kier molecular flexibility index (Phi) is 6.83. The average Bonchev–Trinajstić information content (AvgIpc) is 3.10. The number of carbonyl (C=O) groups is 2. The second-order valence-corrected chi connectivity index (χ2v) is 7.75. The van der Waals surface area contributed by atoms with E-state index in [9.17, 15) is 27.9 Å². The number of aromatic carboxylic acids is 1. The molecule has 1 aromatic carbocycles. The van der Waals surface area contributed by atoms with Gasteiger partial charge in [-0.05, 0) is 37.5 Å². The number of carboxylic acids is 1. The van der Waals surface area contributed by atoms with Crippen molar-refractivity contribution in [1.82, 2.24) is 5.32 Å². The van der Waals surface area contributed by atoms with Crippen LogP contribution in [0, 0.1) is 0 Å². The molecule has 1 saturated heterocycles. The lowest BCUT2D eigenvalue weighted by molar-refractivity contribution is -0.136. The van der Waals surface area contributed by atoms with E-state index >= 15 is 0 Å². The van der Waals surface area contributed by atoms with E-state index in [1.807, 2.05) is 0 Å². The van der Waals surface area contributed by atoms with Crippen molar-refractivity contribution in [3.8, 4) is 0 Å². The van der Waals surface area contributed by atoms with E-state index in [1.54, 1.807) is 0 Å². The molecule has 2 aromatic rings. The Morgan fingerprint density at radius 3 is 2.67 bits per heavy atom. The molecule has 162 valence electrons. The molecule has 0 bridgehead atoms. The van der Waals surface area contributed by atoms with Crippen LogP contribution < -0.4 is 16.0 Å². The van der Waals surface area contributed by atoms with E-state index in [0.717, 1.165) is 42.7 Å². The van der Waals surface area contributed by atoms with Gasteiger partial charge in [0.2, 0.25) is 0 Å². The molecule has 1 unspecified atom stereocenters. The van der Waals surface area contributed by atoms with Gasteiger partial charge in [-0.3, -0.25) is 0 Å². The van der Waals surface area contributed by atoms with Gasteiger partial charge in [-0.25, -0.2) is 9.59 Å². The highest BCUT2D eigenvalue weighted by molar-refractivity contribution is 7.16. The average molecular weight is 443 g/mol. The highest BCUT2D eigenvalue weighted by Crippen LogP contribution is 2.34. The highest BCUT2D eigenvalue weighted by atomic mass is 32.1. The number of rotatable bonds is 6. The minimum Gasteiger partial charge on any atom is -0.478 e. The van der Waals surface area contributed by atoms with E-state index in [4.69, 9.17) is 4.74 Å². The maximum atomic E-state index is 13.0. The molecular weight excluding hydrogens is 423 g/mol. The molecule has 4 N–H and O–H groups in total. The summed E-state index contributed by atoms with van der Waals surface area (Å²) >= 11 is 1.14. The van der Waals surface area contributed by atoms with Crippen molar-refractivity contribution in [1.29, 1.82) is 0 Å². The molecule has 1 atom stereocenters. The number of urea groups is 1. The van der Waals surface area contributed by atoms with Crippen molar-refractivity contribution in [3.05, 3.63) is 46.3 Å². The first kappa shape index (κ1) is 21.9. The van der Waals surface area contributed by atoms with Gasteiger partial charge in [-0.1, -0.05) is 12.1 Å². The number of carbonyl (C=O) groups excluding carboxylic acids is 1. The van der Waals surface area contributed by atoms with Crippen LogP contribution in [0.2, 0.25) is 0 Å². The minimum atomic E-state index is -4.60. The van der Waals surface area contributed by atoms with Crippen LogP contribution in [0.5, 0.6) is 0 Å². The molecule has 30 heavy (non-hydrogen) atoms. The normalized spacial score (nSPS) is 16.7. The van der Waals surface area contributed by atoms with Gasteiger partial charge >= 0.3 is 18.2 Å². The summed E-state index contributed by atoms with van der Waals surface area (Å²) in [6, 6.07) is 5.23. The standard InChI is InChI=1S/C19H20F3N3O4S/c20-19(21,22)13-5-1-2-6-14(13)24-18(28)23-10-11-9-12(17(26)27)16(30-11)25-15-7-3-4-8-29-15/h1-2,5-6,9,15,25H,3-4,7-8,10H2,(H,26,27)(H2,23,24,28). The Balaban J connectivity index is 1.63. The zero-order chi connectivity index (χ0) is 21.7. The van der Waals surface area contributed by atoms with Crippen LogP contribution in [0.3, 0.4) is 0 Å². The summed E-state index contributed by atoms with van der Waals surface area (Å²) in [5.74, 6) is -1.13. The molecule has 0 spiro atoms. The number of hydrogen-bond acceptors (Lipinski definition) is 5. The van der Waals surface area contributed by atoms with Crippen LogP contribution in [0.1, 0.15) is 40.1 Å². The number of benzene rings is 1. The SMILES string of the molecule is O=C(NCc1cc(C(=O)O)c(NC2CCCCO2)s1)Nc1ccccc1C(F)(F)F. The van der Waals surface area contributed by atoms with E-state index in [1.165, 1.54) is 18.2 Å². The molecule has 2 amide bonds. The van der Waals surface area contributed by atoms with Crippen molar-refractivity contribution in [2.45, 2.75) is 38.2 Å². The smallest absolute Gasteiger partial charge is 0.418 e. The summed E-state index contributed by atoms with van der Waals surface area (Å²) in [7, 11) is 0. The van der Waals surface area contributed by atoms with E-state index in [2.05, 4.69) is 16.0 Å². The number of alkyl halides is 3. The van der Waals surface area contributed by atoms with E-state index in [0.29, 0.717) is 16.5 Å². The Morgan fingerprint density at radius 2 is 2.00 bits per heavy atom. The third-order valence-corrected chi connectivity index (χ3v) is 5.46. The number of nitrogens with one attached hydrogen (secondary N) is 3. The molecule has 0 radical (unpaired) electrons. The van der Waals surface area contributed by atoms with Crippen LogP contribution in [0.4, 0.5) is 28.7 Å². The first-order valence-electron chi connectivity index (χ1n) is 9.19. The fourth-order valence-electron chi connectivity index (χ4n) is 2.97. The largest absolute Gasteiger partial charge is 0.478 e. The van der Waals surface area contributed by atoms with Gasteiger partial charge in [-0.15, -0.1) is 11.3 Å². The van der Waals surface area contributed by atoms with Crippen LogP contribution in [0.15, 0.2) is 30.3 Å². The lowest BCUT2D eigenvalue weighted by atomic mass is 10.1. The van der Waals surface area contributed by atoms with Gasteiger partial charge in [0.15, 0.2) is 0 Å². The second kappa shape index (κ2) is 9.35. The summed E-state index contributed by atoms with van der Waals surface area (Å²) < 4.78 is 44.6. The topological polar surface area (TPSA) is 99.7 Å². The summed E-state index contributed by atoms with van der Waals surface area (Å²) in [5.41, 5.74) is -1.27. The van der Waals surface area contributed by atoms with E-state index < -0.39 is 23.7 Å². The molecular formula is C19H20F3N3O4S. The fraction of sp³-hybridized carbons (Fsp3) is 0.368. The molecule has 0 saturated carbocycles. The lowest BCUT2D eigenvalue weighted by Crippen LogP contribution is -2.29. The Hall–Kier alpha value is -2.79. The third-order valence-electron chi connectivity index (χ3n) is 4.39. The van der Waals surface area contributed by atoms with Gasteiger partial charge in [0.05, 0.1) is 23.4 Å². The first-order chi connectivity index (χ1) is 14.2. The van der Waals surface area contributed by atoms with Crippen LogP contribution in [0.25, 0.3) is 0 Å². The van der Waals surface area contributed by atoms with Crippen LogP contribution in [-0.4, -0.2) is 29.9 Å². The van der Waals surface area contributed by atoms with Crippen molar-refractivity contribution in [2.75, 3.05) is 17.2 Å². The van der Waals surface area contributed by atoms with Gasteiger partial charge in [0.25, 0.3) is 0 Å². The summed E-state index contributed by atoms with van der Waals surface area (Å²) in [6.45, 7) is 0.553. The number of thiophene rings is 1. The maximum Gasteiger partial charge on any atom is 0.418 e. The molecule has 3 rings (SSSR count). The predicted molar refractivity (Wildman–Crippen MR) is 106 cm³/mol. The quantitative estimate of drug-likeness (QED) is 0.518. The molecule has 0 aliphatic carbocycles. The number of hydrogen-bond donors (Lipinski definition) is 4. The number of ether oxygens (including phenoxy) is 1. The first-order valence-corrected chi connectivity index (χ1v) is 10.0. The molecule has 1 fully saturated rings. The zero-order valence-corrected chi connectivity index (χ0v) is 16.5. The Bertz CT molecular complexity index is 911. The predicted octanol–water partition coefficient (Wildman–Crippen LogP) is 4.73. The molecule has 11 heteroatoms. The van der Waals surface area contributed by atoms with Gasteiger partial charge in [0, 0.05) is 11.5 Å². The molecule has 7 nitrogen and oxygen atoms in total.